The molecule has 4 nitrogen and oxygen atoms in total. The molecule has 0 spiro atoms. The molecule has 0 bridgehead atoms. The summed E-state index contributed by atoms with van der Waals surface area (Å²) in [6, 6.07) is 5.47. The van der Waals surface area contributed by atoms with E-state index in [-0.39, 0.29) is 5.75 Å². The average molecular weight is 271 g/mol. The van der Waals surface area contributed by atoms with E-state index in [9.17, 15) is 13.2 Å². The third-order valence-corrected chi connectivity index (χ3v) is 2.34. The van der Waals surface area contributed by atoms with E-state index in [4.69, 9.17) is 0 Å². The van der Waals surface area contributed by atoms with E-state index in [0.29, 0.717) is 11.6 Å². The first-order valence-corrected chi connectivity index (χ1v) is 5.46. The molecular weight excluding hydrogens is 259 g/mol. The topological polar surface area (TPSA) is 39.1 Å². The van der Waals surface area contributed by atoms with Crippen molar-refractivity contribution in [3.8, 4) is 5.75 Å². The fourth-order valence-electron chi connectivity index (χ4n) is 1.60. The van der Waals surface area contributed by atoms with Crippen LogP contribution in [-0.4, -0.2) is 15.9 Å². The van der Waals surface area contributed by atoms with Crippen molar-refractivity contribution in [2.45, 2.75) is 13.3 Å². The first-order valence-electron chi connectivity index (χ1n) is 5.46. The van der Waals surface area contributed by atoms with Crippen LogP contribution in [0, 0.1) is 6.92 Å². The van der Waals surface area contributed by atoms with Gasteiger partial charge in [0.15, 0.2) is 0 Å². The van der Waals surface area contributed by atoms with Gasteiger partial charge in [-0.3, -0.25) is 0 Å². The van der Waals surface area contributed by atoms with Crippen LogP contribution < -0.4 is 10.1 Å². The quantitative estimate of drug-likeness (QED) is 0.930. The van der Waals surface area contributed by atoms with Gasteiger partial charge in [-0.1, -0.05) is 0 Å². The van der Waals surface area contributed by atoms with Gasteiger partial charge in [0.25, 0.3) is 0 Å². The molecule has 1 N–H and O–H groups in total. The lowest BCUT2D eigenvalue weighted by atomic mass is 10.3. The van der Waals surface area contributed by atoms with Gasteiger partial charge in [0.05, 0.1) is 5.69 Å². The Kier molecular flexibility index (Phi) is 3.37. The summed E-state index contributed by atoms with van der Waals surface area (Å²) in [6.07, 6.45) is -2.84. The highest BCUT2D eigenvalue weighted by Gasteiger charge is 2.30. The van der Waals surface area contributed by atoms with E-state index in [1.165, 1.54) is 24.3 Å². The van der Waals surface area contributed by atoms with Gasteiger partial charge < -0.3 is 14.6 Å². The normalized spacial score (nSPS) is 11.4. The number of alkyl halides is 3. The number of halogens is 3. The van der Waals surface area contributed by atoms with Crippen molar-refractivity contribution in [1.82, 2.24) is 9.55 Å². The van der Waals surface area contributed by atoms with E-state index >= 15 is 0 Å². The summed E-state index contributed by atoms with van der Waals surface area (Å²) in [5.41, 5.74) is 1.48. The van der Waals surface area contributed by atoms with Gasteiger partial charge in [0, 0.05) is 18.9 Å². The van der Waals surface area contributed by atoms with E-state index in [0.717, 1.165) is 5.69 Å². The highest BCUT2D eigenvalue weighted by molar-refractivity contribution is 5.55. The molecule has 1 heterocycles. The molecule has 0 unspecified atom stereocenters. The molecule has 0 amide bonds. The zero-order chi connectivity index (χ0) is 14.0. The second-order valence-corrected chi connectivity index (χ2v) is 4.01. The van der Waals surface area contributed by atoms with Crippen LogP contribution in [0.25, 0.3) is 0 Å². The molecule has 7 heteroatoms. The number of aryl methyl sites for hydroxylation is 2. The Morgan fingerprint density at radius 1 is 1.21 bits per heavy atom. The molecule has 2 rings (SSSR count). The molecular formula is C12H12F3N3O. The fourth-order valence-corrected chi connectivity index (χ4v) is 1.60. The largest absolute Gasteiger partial charge is 0.573 e. The van der Waals surface area contributed by atoms with Crippen LogP contribution in [0.3, 0.4) is 0 Å². The van der Waals surface area contributed by atoms with Crippen molar-refractivity contribution in [3.05, 3.63) is 36.2 Å². The molecule has 19 heavy (non-hydrogen) atoms. The number of hydrogen-bond acceptors (Lipinski definition) is 3. The van der Waals surface area contributed by atoms with Gasteiger partial charge in [0.2, 0.25) is 5.95 Å². The molecule has 0 aliphatic rings. The summed E-state index contributed by atoms with van der Waals surface area (Å²) >= 11 is 0. The van der Waals surface area contributed by atoms with Crippen molar-refractivity contribution in [3.63, 3.8) is 0 Å². The lowest BCUT2D eigenvalue weighted by Crippen LogP contribution is -2.17. The third kappa shape index (κ3) is 3.64. The van der Waals surface area contributed by atoms with E-state index in [1.54, 1.807) is 4.57 Å². The zero-order valence-electron chi connectivity index (χ0n) is 10.3. The summed E-state index contributed by atoms with van der Waals surface area (Å²) in [5.74, 6) is 0.357. The van der Waals surface area contributed by atoms with Gasteiger partial charge in [-0.15, -0.1) is 13.2 Å². The summed E-state index contributed by atoms with van der Waals surface area (Å²) in [6.45, 7) is 1.85. The Hall–Kier alpha value is -2.18. The predicted octanol–water partition coefficient (Wildman–Crippen LogP) is 3.37. The Morgan fingerprint density at radius 3 is 2.32 bits per heavy atom. The van der Waals surface area contributed by atoms with Gasteiger partial charge in [-0.2, -0.15) is 0 Å². The van der Waals surface area contributed by atoms with Crippen molar-refractivity contribution < 1.29 is 17.9 Å². The minimum atomic E-state index is -4.67. The van der Waals surface area contributed by atoms with E-state index in [1.807, 2.05) is 20.2 Å². The molecule has 102 valence electrons. The molecule has 0 aliphatic heterocycles. The minimum Gasteiger partial charge on any atom is -0.406 e. The number of rotatable bonds is 3. The molecule has 2 aromatic rings. The average Bonchev–Trinajstić information content (AvgIpc) is 2.58. The van der Waals surface area contributed by atoms with Crippen LogP contribution in [-0.2, 0) is 7.05 Å². The number of nitrogens with one attached hydrogen (secondary N) is 1. The molecule has 0 atom stereocenters. The van der Waals surface area contributed by atoms with Crippen molar-refractivity contribution in [1.29, 1.82) is 0 Å². The molecule has 0 saturated heterocycles. The highest BCUT2D eigenvalue weighted by atomic mass is 19.4. The number of ether oxygens (including phenoxy) is 1. The maximum Gasteiger partial charge on any atom is 0.573 e. The van der Waals surface area contributed by atoms with Crippen LogP contribution in [0.15, 0.2) is 30.5 Å². The molecule has 0 saturated carbocycles. The molecule has 0 aliphatic carbocycles. The molecule has 1 aromatic heterocycles. The zero-order valence-corrected chi connectivity index (χ0v) is 10.3. The van der Waals surface area contributed by atoms with Gasteiger partial charge in [0.1, 0.15) is 5.75 Å². The fraction of sp³-hybridized carbons (Fsp3) is 0.250. The Labute approximate surface area is 107 Å². The summed E-state index contributed by atoms with van der Waals surface area (Å²) < 4.78 is 41.6. The van der Waals surface area contributed by atoms with E-state index in [2.05, 4.69) is 15.0 Å². The smallest absolute Gasteiger partial charge is 0.406 e. The number of aromatic nitrogens is 2. The number of benzene rings is 1. The summed E-state index contributed by atoms with van der Waals surface area (Å²) in [5, 5.41) is 3.00. The lowest BCUT2D eigenvalue weighted by molar-refractivity contribution is -0.274. The van der Waals surface area contributed by atoms with Crippen LogP contribution in [0.1, 0.15) is 5.69 Å². The van der Waals surface area contributed by atoms with Crippen molar-refractivity contribution in [2.24, 2.45) is 7.05 Å². The first-order chi connectivity index (χ1) is 8.83. The van der Waals surface area contributed by atoms with Crippen LogP contribution in [0.5, 0.6) is 5.75 Å². The predicted molar refractivity (Wildman–Crippen MR) is 64.4 cm³/mol. The van der Waals surface area contributed by atoms with Crippen LogP contribution in [0.2, 0.25) is 0 Å². The van der Waals surface area contributed by atoms with Crippen molar-refractivity contribution in [2.75, 3.05) is 5.32 Å². The number of imidazole rings is 1. The summed E-state index contributed by atoms with van der Waals surface area (Å²) in [7, 11) is 1.82. The van der Waals surface area contributed by atoms with Gasteiger partial charge in [-0.25, -0.2) is 4.98 Å². The lowest BCUT2D eigenvalue weighted by Gasteiger charge is -2.10. The Balaban J connectivity index is 2.09. The third-order valence-electron chi connectivity index (χ3n) is 2.34. The van der Waals surface area contributed by atoms with Crippen LogP contribution in [0.4, 0.5) is 24.8 Å². The summed E-state index contributed by atoms with van der Waals surface area (Å²) in [4.78, 5) is 4.23. The molecule has 1 aromatic carbocycles. The second-order valence-electron chi connectivity index (χ2n) is 4.01. The maximum absolute atomic E-state index is 12.0. The number of anilines is 2. The molecule has 0 radical (unpaired) electrons. The SMILES string of the molecule is Cc1cn(C)c(Nc2ccc(OC(F)(F)F)cc2)n1. The molecule has 0 fully saturated rings. The first kappa shape index (κ1) is 13.3. The highest BCUT2D eigenvalue weighted by Crippen LogP contribution is 2.25. The van der Waals surface area contributed by atoms with E-state index < -0.39 is 6.36 Å². The maximum atomic E-state index is 12.0. The second kappa shape index (κ2) is 4.83. The Morgan fingerprint density at radius 2 is 1.84 bits per heavy atom. The number of nitrogens with zero attached hydrogens (tertiary/aromatic N) is 2. The Bertz CT molecular complexity index is 561. The van der Waals surface area contributed by atoms with Crippen LogP contribution >= 0.6 is 0 Å². The number of hydrogen-bond donors (Lipinski definition) is 1. The van der Waals surface area contributed by atoms with Crippen molar-refractivity contribution >= 4 is 11.6 Å². The van der Waals surface area contributed by atoms with Gasteiger partial charge in [-0.05, 0) is 31.2 Å². The van der Waals surface area contributed by atoms with Gasteiger partial charge >= 0.3 is 6.36 Å². The minimum absolute atomic E-state index is 0.255. The standard InChI is InChI=1S/C12H12F3N3O/c1-8-7-18(2)11(16-8)17-9-3-5-10(6-4-9)19-12(13,14)15/h3-7H,1-2H3,(H,16,17). The monoisotopic (exact) mass is 271 g/mol.